The minimum Gasteiger partial charge on any atom is -0.772 e. The van der Waals surface area contributed by atoms with E-state index in [1.807, 2.05) is 0 Å². The van der Waals surface area contributed by atoms with Gasteiger partial charge in [0.05, 0.1) is 0 Å². The van der Waals surface area contributed by atoms with Gasteiger partial charge in [0.25, 0.3) is 0 Å². The molecule has 72 valence electrons. The van der Waals surface area contributed by atoms with Crippen LogP contribution in [0.5, 0.6) is 0 Å². The smallest absolute Gasteiger partial charge is 0.0240 e. The first kappa shape index (κ1) is 10.2. The van der Waals surface area contributed by atoms with Gasteiger partial charge in [0.1, 0.15) is 0 Å². The maximum Gasteiger partial charge on any atom is 0.0240 e. The largest absolute Gasteiger partial charge is 0.772 e. The molecule has 0 N–H and O–H groups in total. The van der Waals surface area contributed by atoms with Crippen molar-refractivity contribution in [2.24, 2.45) is 0 Å². The molecule has 0 radical (unpaired) electrons. The van der Waals surface area contributed by atoms with Gasteiger partial charge < -0.3 is 9.45 Å². The van der Waals surface area contributed by atoms with Crippen molar-refractivity contribution in [3.63, 3.8) is 0 Å². The monoisotopic (exact) mass is 190 g/mol. The molecule has 1 aliphatic heterocycles. The first-order valence-electron chi connectivity index (χ1n) is 4.43. The molecule has 1 saturated heterocycles. The highest BCUT2D eigenvalue weighted by Gasteiger charge is 2.20. The summed E-state index contributed by atoms with van der Waals surface area (Å²) in [7, 11) is 0. The van der Waals surface area contributed by atoms with Crippen molar-refractivity contribution < 1.29 is 8.76 Å². The van der Waals surface area contributed by atoms with Gasteiger partial charge in [0, 0.05) is 11.3 Å². The second-order valence-electron chi connectivity index (χ2n) is 3.59. The molecule has 3 nitrogen and oxygen atoms in total. The number of nitrogens with zero attached hydrogens (tertiary/aromatic N) is 1. The van der Waals surface area contributed by atoms with Crippen LogP contribution in [0.25, 0.3) is 0 Å². The van der Waals surface area contributed by atoms with Gasteiger partial charge >= 0.3 is 0 Å². The Bertz CT molecular complexity index is 164. The molecule has 1 atom stereocenters. The number of likely N-dealkylation sites (tertiary alicyclic amines) is 1. The van der Waals surface area contributed by atoms with E-state index in [0.29, 0.717) is 6.04 Å². The van der Waals surface area contributed by atoms with Crippen molar-refractivity contribution in [2.45, 2.75) is 38.0 Å². The van der Waals surface area contributed by atoms with E-state index in [4.69, 9.17) is 0 Å². The fourth-order valence-electron chi connectivity index (χ4n) is 1.58. The summed E-state index contributed by atoms with van der Waals surface area (Å²) in [5.41, 5.74) is 0. The lowest BCUT2D eigenvalue weighted by Crippen LogP contribution is -2.41. The summed E-state index contributed by atoms with van der Waals surface area (Å²) in [6.45, 7) is 6.15. The summed E-state index contributed by atoms with van der Waals surface area (Å²) in [6.07, 6.45) is 1.60. The van der Waals surface area contributed by atoms with Crippen LogP contribution >= 0.6 is 0 Å². The van der Waals surface area contributed by atoms with Crippen LogP contribution in [0.2, 0.25) is 0 Å². The maximum atomic E-state index is 10.6. The van der Waals surface area contributed by atoms with E-state index >= 15 is 0 Å². The number of hydrogen-bond acceptors (Lipinski definition) is 3. The lowest BCUT2D eigenvalue weighted by atomic mass is 10.1. The zero-order valence-electron chi connectivity index (χ0n) is 7.66. The van der Waals surface area contributed by atoms with E-state index in [9.17, 15) is 8.76 Å². The summed E-state index contributed by atoms with van der Waals surface area (Å²) in [6, 6.07) is 0.547. The highest BCUT2D eigenvalue weighted by Crippen LogP contribution is 2.16. The average molecular weight is 190 g/mol. The zero-order chi connectivity index (χ0) is 9.14. The quantitative estimate of drug-likeness (QED) is 0.603. The van der Waals surface area contributed by atoms with Crippen LogP contribution in [0.3, 0.4) is 0 Å². The molecule has 0 bridgehead atoms. The van der Waals surface area contributed by atoms with E-state index < -0.39 is 11.1 Å². The second-order valence-corrected chi connectivity index (χ2v) is 4.78. The topological polar surface area (TPSA) is 43.4 Å². The summed E-state index contributed by atoms with van der Waals surface area (Å²) in [5, 5.41) is -0.0972. The molecule has 0 saturated carbocycles. The predicted octanol–water partition coefficient (Wildman–Crippen LogP) is 0.738. The Kier molecular flexibility index (Phi) is 3.68. The van der Waals surface area contributed by atoms with E-state index in [1.165, 1.54) is 0 Å². The van der Waals surface area contributed by atoms with Crippen LogP contribution in [0, 0.1) is 0 Å². The van der Waals surface area contributed by atoms with Gasteiger partial charge in [-0.25, -0.2) is 0 Å². The molecule has 1 heterocycles. The van der Waals surface area contributed by atoms with Crippen molar-refractivity contribution in [3.05, 3.63) is 0 Å². The van der Waals surface area contributed by atoms with Gasteiger partial charge in [0.2, 0.25) is 0 Å². The molecular weight excluding hydrogens is 174 g/mol. The Morgan fingerprint density at radius 3 is 2.25 bits per heavy atom. The molecule has 0 spiro atoms. The van der Waals surface area contributed by atoms with Gasteiger partial charge in [0.15, 0.2) is 0 Å². The Morgan fingerprint density at radius 2 is 1.92 bits per heavy atom. The zero-order valence-corrected chi connectivity index (χ0v) is 8.47. The summed E-state index contributed by atoms with van der Waals surface area (Å²) < 4.78 is 21.2. The number of rotatable bonds is 2. The van der Waals surface area contributed by atoms with Gasteiger partial charge in [-0.3, -0.25) is 4.21 Å². The number of piperidine rings is 1. The Balaban J connectivity index is 2.34. The number of hydrogen-bond donors (Lipinski definition) is 0. The van der Waals surface area contributed by atoms with Gasteiger partial charge in [-0.05, 0) is 39.8 Å². The standard InChI is InChI=1S/C8H17NO2S/c1-7(2)9-5-3-8(4-6-9)12(10)11/h7-8H,3-6H2,1-2H3,(H,10,11)/p-1. The van der Waals surface area contributed by atoms with Crippen molar-refractivity contribution >= 4 is 11.1 Å². The first-order chi connectivity index (χ1) is 5.61. The van der Waals surface area contributed by atoms with Crippen LogP contribution in [-0.4, -0.2) is 38.0 Å². The highest BCUT2D eigenvalue weighted by molar-refractivity contribution is 7.79. The van der Waals surface area contributed by atoms with Crippen molar-refractivity contribution in [3.8, 4) is 0 Å². The predicted molar refractivity (Wildman–Crippen MR) is 48.7 cm³/mol. The lowest BCUT2D eigenvalue weighted by Gasteiger charge is -2.35. The SMILES string of the molecule is CC(C)N1CCC(S(=O)[O-])CC1. The Hall–Kier alpha value is 0.0700. The lowest BCUT2D eigenvalue weighted by molar-refractivity contribution is 0.185. The van der Waals surface area contributed by atoms with Gasteiger partial charge in [-0.2, -0.15) is 0 Å². The molecule has 0 aromatic carbocycles. The molecule has 0 aromatic heterocycles. The van der Waals surface area contributed by atoms with E-state index in [-0.39, 0.29) is 5.25 Å². The third kappa shape index (κ3) is 2.54. The third-order valence-electron chi connectivity index (χ3n) is 2.48. The summed E-state index contributed by atoms with van der Waals surface area (Å²) >= 11 is -1.86. The maximum absolute atomic E-state index is 10.6. The van der Waals surface area contributed by atoms with Crippen molar-refractivity contribution in [1.82, 2.24) is 4.90 Å². The Labute approximate surface area is 76.4 Å². The minimum atomic E-state index is -1.86. The summed E-state index contributed by atoms with van der Waals surface area (Å²) in [4.78, 5) is 2.32. The van der Waals surface area contributed by atoms with Crippen LogP contribution in [-0.2, 0) is 11.1 Å². The highest BCUT2D eigenvalue weighted by atomic mass is 32.2. The third-order valence-corrected chi connectivity index (χ3v) is 3.49. The molecule has 1 fully saturated rings. The molecule has 1 aliphatic rings. The molecule has 0 aromatic rings. The van der Waals surface area contributed by atoms with Crippen molar-refractivity contribution in [2.75, 3.05) is 13.1 Å². The van der Waals surface area contributed by atoms with Crippen molar-refractivity contribution in [1.29, 1.82) is 0 Å². The normalized spacial score (nSPS) is 24.7. The molecule has 0 aliphatic carbocycles. The summed E-state index contributed by atoms with van der Waals surface area (Å²) in [5.74, 6) is 0. The fraction of sp³-hybridized carbons (Fsp3) is 1.00. The molecule has 0 amide bonds. The van der Waals surface area contributed by atoms with E-state index in [1.54, 1.807) is 0 Å². The van der Waals surface area contributed by atoms with Crippen LogP contribution < -0.4 is 0 Å². The van der Waals surface area contributed by atoms with Gasteiger partial charge in [-0.1, -0.05) is 11.1 Å². The molecular formula is C8H16NO2S-. The average Bonchev–Trinajstić information content (AvgIpc) is 2.04. The minimum absolute atomic E-state index is 0.0972. The van der Waals surface area contributed by atoms with E-state index in [2.05, 4.69) is 18.7 Å². The molecule has 1 unspecified atom stereocenters. The fourth-order valence-corrected chi connectivity index (χ4v) is 2.18. The molecule has 12 heavy (non-hydrogen) atoms. The van der Waals surface area contributed by atoms with Crippen LogP contribution in [0.15, 0.2) is 0 Å². The van der Waals surface area contributed by atoms with Crippen LogP contribution in [0.1, 0.15) is 26.7 Å². The van der Waals surface area contributed by atoms with Gasteiger partial charge in [-0.15, -0.1) is 0 Å². The first-order valence-corrected chi connectivity index (χ1v) is 5.57. The molecule has 1 rings (SSSR count). The van der Waals surface area contributed by atoms with Crippen LogP contribution in [0.4, 0.5) is 0 Å². The Morgan fingerprint density at radius 1 is 1.42 bits per heavy atom. The molecule has 4 heteroatoms. The second kappa shape index (κ2) is 4.35. The van der Waals surface area contributed by atoms with E-state index in [0.717, 1.165) is 25.9 Å².